The molecule has 0 N–H and O–H groups in total. The van der Waals surface area contributed by atoms with E-state index in [4.69, 9.17) is 0 Å². The van der Waals surface area contributed by atoms with Crippen molar-refractivity contribution >= 4 is 13.3 Å². The van der Waals surface area contributed by atoms with Gasteiger partial charge in [-0.3, -0.25) is 0 Å². The number of rotatable bonds is 12. The van der Waals surface area contributed by atoms with Crippen molar-refractivity contribution in [2.75, 3.05) is 18.5 Å². The molecule has 0 bridgehead atoms. The average molecular weight is 319 g/mol. The van der Waals surface area contributed by atoms with Gasteiger partial charge in [0, 0.05) is 7.26 Å². The molecule has 124 valence electrons. The molecule has 1 rings (SSSR count). The van der Waals surface area contributed by atoms with E-state index in [-0.39, 0.29) is 0 Å². The van der Waals surface area contributed by atoms with Crippen molar-refractivity contribution in [2.45, 2.75) is 65.5 Å². The van der Waals surface area contributed by atoms with Gasteiger partial charge < -0.3 is 0 Å². The van der Waals surface area contributed by atoms with Gasteiger partial charge in [0.2, 0.25) is 0 Å². The standard InChI is InChI=1S/C21H36P/c1-5-9-16-22(17-10-6-2,18-11-7-3)19-21-14-12-20(8-4)13-15-21/h8,12-15H,4-7,9-11,16-19H2,1-3H3/q+1. The van der Waals surface area contributed by atoms with Crippen LogP contribution in [0.3, 0.4) is 0 Å². The van der Waals surface area contributed by atoms with Crippen molar-refractivity contribution in [3.8, 4) is 0 Å². The van der Waals surface area contributed by atoms with Gasteiger partial charge in [-0.05, 0) is 30.4 Å². The summed E-state index contributed by atoms with van der Waals surface area (Å²) in [4.78, 5) is 0. The van der Waals surface area contributed by atoms with Crippen molar-refractivity contribution in [1.82, 2.24) is 0 Å². The molecule has 1 aromatic rings. The summed E-state index contributed by atoms with van der Waals surface area (Å²) >= 11 is 0. The predicted octanol–water partition coefficient (Wildman–Crippen LogP) is 7.25. The Morgan fingerprint density at radius 1 is 0.818 bits per heavy atom. The minimum absolute atomic E-state index is 0.817. The van der Waals surface area contributed by atoms with E-state index in [9.17, 15) is 0 Å². The largest absolute Gasteiger partial charge is 0.0985 e. The summed E-state index contributed by atoms with van der Waals surface area (Å²) in [7, 11) is -0.817. The molecule has 1 heteroatoms. The van der Waals surface area contributed by atoms with Gasteiger partial charge in [0.1, 0.15) is 0 Å². The van der Waals surface area contributed by atoms with E-state index in [1.165, 1.54) is 68.7 Å². The molecule has 0 unspecified atom stereocenters. The molecule has 0 spiro atoms. The van der Waals surface area contributed by atoms with Crippen molar-refractivity contribution in [3.63, 3.8) is 0 Å². The minimum atomic E-state index is -0.817. The molecule has 22 heavy (non-hydrogen) atoms. The van der Waals surface area contributed by atoms with Gasteiger partial charge >= 0.3 is 0 Å². The van der Waals surface area contributed by atoms with Gasteiger partial charge in [-0.15, -0.1) is 0 Å². The third-order valence-corrected chi connectivity index (χ3v) is 9.52. The van der Waals surface area contributed by atoms with E-state index in [1.54, 1.807) is 5.56 Å². The predicted molar refractivity (Wildman–Crippen MR) is 106 cm³/mol. The van der Waals surface area contributed by atoms with Crippen molar-refractivity contribution < 1.29 is 0 Å². The Labute approximate surface area is 139 Å². The fraction of sp³-hybridized carbons (Fsp3) is 0.619. The lowest BCUT2D eigenvalue weighted by Gasteiger charge is -2.28. The molecule has 0 saturated carbocycles. The minimum Gasteiger partial charge on any atom is -0.0985 e. The molecule has 0 atom stereocenters. The first kappa shape index (κ1) is 19.4. The zero-order chi connectivity index (χ0) is 16.3. The maximum atomic E-state index is 3.86. The maximum absolute atomic E-state index is 3.86. The molecule has 0 aliphatic rings. The first-order chi connectivity index (χ1) is 10.7. The van der Waals surface area contributed by atoms with E-state index in [2.05, 4.69) is 51.6 Å². The second kappa shape index (κ2) is 11.0. The molecule has 0 heterocycles. The lowest BCUT2D eigenvalue weighted by Crippen LogP contribution is -2.11. The van der Waals surface area contributed by atoms with E-state index in [0.29, 0.717) is 0 Å². The normalized spacial score (nSPS) is 11.6. The molecule has 0 fully saturated rings. The topological polar surface area (TPSA) is 0 Å². The van der Waals surface area contributed by atoms with Crippen LogP contribution in [0.25, 0.3) is 6.08 Å². The van der Waals surface area contributed by atoms with Gasteiger partial charge in [-0.2, -0.15) is 0 Å². The third kappa shape index (κ3) is 6.66. The lowest BCUT2D eigenvalue weighted by molar-refractivity contribution is 0.832. The monoisotopic (exact) mass is 319 g/mol. The first-order valence-corrected chi connectivity index (χ1v) is 11.8. The van der Waals surface area contributed by atoms with E-state index >= 15 is 0 Å². The SMILES string of the molecule is C=Cc1ccc(C[P+](CCCC)(CCCC)CCCC)cc1. The zero-order valence-electron chi connectivity index (χ0n) is 15.1. The van der Waals surface area contributed by atoms with Crippen LogP contribution >= 0.6 is 7.26 Å². The fourth-order valence-corrected chi connectivity index (χ4v) is 8.29. The Balaban J connectivity index is 2.89. The van der Waals surface area contributed by atoms with Crippen molar-refractivity contribution in [2.24, 2.45) is 0 Å². The fourth-order valence-electron chi connectivity index (χ4n) is 3.20. The summed E-state index contributed by atoms with van der Waals surface area (Å²) in [5, 5.41) is 0. The van der Waals surface area contributed by atoms with Crippen LogP contribution in [0.5, 0.6) is 0 Å². The number of benzene rings is 1. The molecule has 0 amide bonds. The average Bonchev–Trinajstić information content (AvgIpc) is 2.56. The van der Waals surface area contributed by atoms with Crippen molar-refractivity contribution in [1.29, 1.82) is 0 Å². The second-order valence-electron chi connectivity index (χ2n) is 6.68. The maximum Gasteiger partial charge on any atom is 0.0842 e. The molecule has 0 saturated heterocycles. The molecule has 0 radical (unpaired) electrons. The van der Waals surface area contributed by atoms with Gasteiger partial charge in [0.15, 0.2) is 0 Å². The van der Waals surface area contributed by atoms with Crippen LogP contribution in [-0.2, 0) is 6.16 Å². The Bertz CT molecular complexity index is 383. The first-order valence-electron chi connectivity index (χ1n) is 9.26. The van der Waals surface area contributed by atoms with Crippen LogP contribution in [0.2, 0.25) is 0 Å². The van der Waals surface area contributed by atoms with Crippen LogP contribution in [0, 0.1) is 0 Å². The van der Waals surface area contributed by atoms with Crippen LogP contribution < -0.4 is 0 Å². The Hall–Kier alpha value is -0.610. The highest BCUT2D eigenvalue weighted by Crippen LogP contribution is 2.63. The van der Waals surface area contributed by atoms with Gasteiger partial charge in [0.25, 0.3) is 0 Å². The molecule has 0 aromatic heterocycles. The highest BCUT2D eigenvalue weighted by molar-refractivity contribution is 7.75. The quantitative estimate of drug-likeness (QED) is 0.356. The summed E-state index contributed by atoms with van der Waals surface area (Å²) in [6.07, 6.45) is 16.1. The summed E-state index contributed by atoms with van der Waals surface area (Å²) in [5.74, 6) is 0. The highest BCUT2D eigenvalue weighted by Gasteiger charge is 2.35. The smallest absolute Gasteiger partial charge is 0.0842 e. The Morgan fingerprint density at radius 2 is 1.27 bits per heavy atom. The van der Waals surface area contributed by atoms with Crippen LogP contribution in [0.15, 0.2) is 30.8 Å². The molecular formula is C21H36P+. The third-order valence-electron chi connectivity index (χ3n) is 4.69. The lowest BCUT2D eigenvalue weighted by atomic mass is 10.1. The van der Waals surface area contributed by atoms with Crippen LogP contribution in [-0.4, -0.2) is 18.5 Å². The number of hydrogen-bond acceptors (Lipinski definition) is 0. The summed E-state index contributed by atoms with van der Waals surface area (Å²) < 4.78 is 0. The van der Waals surface area contributed by atoms with Crippen molar-refractivity contribution in [3.05, 3.63) is 42.0 Å². The Kier molecular flexibility index (Phi) is 9.73. The number of unbranched alkanes of at least 4 members (excludes halogenated alkanes) is 3. The molecule has 1 aromatic carbocycles. The molecule has 0 aliphatic carbocycles. The second-order valence-corrected chi connectivity index (χ2v) is 11.0. The molecule has 0 nitrogen and oxygen atoms in total. The van der Waals surface area contributed by atoms with Gasteiger partial charge in [-0.1, -0.05) is 77.0 Å². The zero-order valence-corrected chi connectivity index (χ0v) is 16.0. The highest BCUT2D eigenvalue weighted by atomic mass is 31.2. The molecule has 0 aliphatic heterocycles. The van der Waals surface area contributed by atoms with E-state index in [1.807, 2.05) is 6.08 Å². The van der Waals surface area contributed by atoms with Gasteiger partial charge in [0.05, 0.1) is 24.6 Å². The molecular weight excluding hydrogens is 283 g/mol. The summed E-state index contributed by atoms with van der Waals surface area (Å²) in [5.41, 5.74) is 2.80. The van der Waals surface area contributed by atoms with Crippen LogP contribution in [0.1, 0.15) is 70.4 Å². The van der Waals surface area contributed by atoms with Crippen LogP contribution in [0.4, 0.5) is 0 Å². The summed E-state index contributed by atoms with van der Waals surface area (Å²) in [6, 6.07) is 9.15. The Morgan fingerprint density at radius 3 is 1.64 bits per heavy atom. The van der Waals surface area contributed by atoms with Gasteiger partial charge in [-0.25, -0.2) is 0 Å². The number of hydrogen-bond donors (Lipinski definition) is 0. The van der Waals surface area contributed by atoms with E-state index in [0.717, 1.165) is 0 Å². The summed E-state index contributed by atoms with van der Waals surface area (Å²) in [6.45, 7) is 10.9. The van der Waals surface area contributed by atoms with E-state index < -0.39 is 7.26 Å².